The van der Waals surface area contributed by atoms with Gasteiger partial charge in [-0.05, 0) is 25.7 Å². The summed E-state index contributed by atoms with van der Waals surface area (Å²) in [5.41, 5.74) is 0. The molecule has 72 valence electrons. The number of carbonyl (C=O) groups is 1. The molecule has 0 radical (unpaired) electrons. The second-order valence-electron chi connectivity index (χ2n) is 2.99. The number of carboxylic acids is 1. The summed E-state index contributed by atoms with van der Waals surface area (Å²) in [5, 5.41) is 25.3. The second-order valence-corrected chi connectivity index (χ2v) is 2.99. The fourth-order valence-electron chi connectivity index (χ4n) is 1.14. The van der Waals surface area contributed by atoms with Crippen LogP contribution >= 0.6 is 0 Å². The van der Waals surface area contributed by atoms with Gasteiger partial charge in [-0.1, -0.05) is 0 Å². The van der Waals surface area contributed by atoms with E-state index in [4.69, 9.17) is 20.1 Å². The maximum atomic E-state index is 9.00. The molecule has 4 nitrogen and oxygen atoms in total. The molecule has 0 amide bonds. The Labute approximate surface area is 71.8 Å². The number of aliphatic carboxylic acids is 1. The molecule has 0 aromatic carbocycles. The van der Waals surface area contributed by atoms with Crippen LogP contribution in [0, 0.1) is 0 Å². The first kappa shape index (κ1) is 11.4. The quantitative estimate of drug-likeness (QED) is 0.498. The number of carboxylic acid groups (broad SMARTS) is 1. The fourth-order valence-corrected chi connectivity index (χ4v) is 1.14. The molecule has 4 heteroatoms. The van der Waals surface area contributed by atoms with Gasteiger partial charge in [-0.25, -0.2) is 0 Å². The molecule has 1 saturated carbocycles. The Kier molecular flexibility index (Phi) is 5.66. The predicted molar refractivity (Wildman–Crippen MR) is 43.8 cm³/mol. The lowest BCUT2D eigenvalue weighted by atomic mass is 9.95. The van der Waals surface area contributed by atoms with Crippen LogP contribution in [0.5, 0.6) is 0 Å². The summed E-state index contributed by atoms with van der Waals surface area (Å²) in [5.74, 6) is -0.833. The van der Waals surface area contributed by atoms with Crippen molar-refractivity contribution in [1.82, 2.24) is 0 Å². The molecular weight excluding hydrogens is 160 g/mol. The predicted octanol–water partition coefficient (Wildman–Crippen LogP) is 0.373. The van der Waals surface area contributed by atoms with Crippen molar-refractivity contribution in [2.24, 2.45) is 0 Å². The zero-order valence-electron chi connectivity index (χ0n) is 7.23. The molecule has 0 aromatic heterocycles. The van der Waals surface area contributed by atoms with E-state index < -0.39 is 5.97 Å². The van der Waals surface area contributed by atoms with Crippen LogP contribution in [0.25, 0.3) is 0 Å². The summed E-state index contributed by atoms with van der Waals surface area (Å²) in [6.45, 7) is 1.08. The lowest BCUT2D eigenvalue weighted by Crippen LogP contribution is -2.22. The lowest BCUT2D eigenvalue weighted by Gasteiger charge is -2.20. The van der Waals surface area contributed by atoms with Crippen molar-refractivity contribution in [2.75, 3.05) is 0 Å². The number of hydrogen-bond acceptors (Lipinski definition) is 3. The van der Waals surface area contributed by atoms with Crippen LogP contribution in [0.15, 0.2) is 0 Å². The van der Waals surface area contributed by atoms with Crippen LogP contribution in [0.3, 0.4) is 0 Å². The van der Waals surface area contributed by atoms with E-state index in [0.29, 0.717) is 6.42 Å². The first-order chi connectivity index (χ1) is 5.52. The maximum Gasteiger partial charge on any atom is 0.300 e. The second kappa shape index (κ2) is 5.97. The van der Waals surface area contributed by atoms with Gasteiger partial charge in [0.25, 0.3) is 5.97 Å². The molecule has 0 spiro atoms. The summed E-state index contributed by atoms with van der Waals surface area (Å²) in [4.78, 5) is 9.00. The fraction of sp³-hybridized carbons (Fsp3) is 0.875. The molecule has 1 aliphatic rings. The third-order valence-corrected chi connectivity index (χ3v) is 1.62. The Morgan fingerprint density at radius 3 is 1.75 bits per heavy atom. The van der Waals surface area contributed by atoms with E-state index in [1.165, 1.54) is 0 Å². The molecule has 0 aromatic rings. The van der Waals surface area contributed by atoms with E-state index in [1.54, 1.807) is 0 Å². The van der Waals surface area contributed by atoms with Gasteiger partial charge in [0, 0.05) is 6.92 Å². The average Bonchev–Trinajstić information content (AvgIpc) is 1.84. The van der Waals surface area contributed by atoms with Crippen molar-refractivity contribution in [3.05, 3.63) is 0 Å². The van der Waals surface area contributed by atoms with Crippen molar-refractivity contribution in [3.63, 3.8) is 0 Å². The maximum absolute atomic E-state index is 9.00. The Morgan fingerprint density at radius 1 is 1.25 bits per heavy atom. The molecule has 0 bridgehead atoms. The van der Waals surface area contributed by atoms with Gasteiger partial charge >= 0.3 is 0 Å². The monoisotopic (exact) mass is 176 g/mol. The molecule has 12 heavy (non-hydrogen) atoms. The minimum absolute atomic E-state index is 0.237. The third kappa shape index (κ3) is 7.50. The smallest absolute Gasteiger partial charge is 0.300 e. The standard InChI is InChI=1S/C6H12O2.C2H4O2/c7-5-2-1-3-6(8)4-5;1-2(3)4/h5-8H,1-4H2;1H3,(H,3,4). The lowest BCUT2D eigenvalue weighted by molar-refractivity contribution is -0.134. The van der Waals surface area contributed by atoms with Gasteiger partial charge in [0.15, 0.2) is 0 Å². The Bertz CT molecular complexity index is 123. The molecule has 1 fully saturated rings. The SMILES string of the molecule is CC(=O)O.OC1CCCC(O)C1. The van der Waals surface area contributed by atoms with Gasteiger partial charge < -0.3 is 15.3 Å². The highest BCUT2D eigenvalue weighted by molar-refractivity contribution is 5.62. The Balaban J connectivity index is 0.000000261. The minimum Gasteiger partial charge on any atom is -0.481 e. The van der Waals surface area contributed by atoms with Gasteiger partial charge in [0.2, 0.25) is 0 Å². The molecule has 0 heterocycles. The number of hydrogen-bond donors (Lipinski definition) is 3. The van der Waals surface area contributed by atoms with Crippen molar-refractivity contribution in [2.45, 2.75) is 44.8 Å². The Morgan fingerprint density at radius 2 is 1.58 bits per heavy atom. The van der Waals surface area contributed by atoms with Crippen LogP contribution in [-0.2, 0) is 4.79 Å². The van der Waals surface area contributed by atoms with Crippen molar-refractivity contribution in [1.29, 1.82) is 0 Å². The van der Waals surface area contributed by atoms with Gasteiger partial charge in [-0.3, -0.25) is 4.79 Å². The van der Waals surface area contributed by atoms with Gasteiger partial charge in [0.05, 0.1) is 12.2 Å². The van der Waals surface area contributed by atoms with Crippen LogP contribution in [0.2, 0.25) is 0 Å². The summed E-state index contributed by atoms with van der Waals surface area (Å²) in [6.07, 6.45) is 2.83. The first-order valence-electron chi connectivity index (χ1n) is 4.08. The molecule has 2 unspecified atom stereocenters. The normalized spacial score (nSPS) is 28.6. The molecule has 1 rings (SSSR count). The van der Waals surface area contributed by atoms with E-state index in [2.05, 4.69) is 0 Å². The van der Waals surface area contributed by atoms with Crippen molar-refractivity contribution >= 4 is 5.97 Å². The zero-order valence-corrected chi connectivity index (χ0v) is 7.23. The molecule has 0 aliphatic heterocycles. The van der Waals surface area contributed by atoms with E-state index in [0.717, 1.165) is 26.2 Å². The van der Waals surface area contributed by atoms with Gasteiger partial charge in [-0.15, -0.1) is 0 Å². The minimum atomic E-state index is -0.833. The molecule has 1 aliphatic carbocycles. The highest BCUT2D eigenvalue weighted by Gasteiger charge is 2.16. The molecule has 0 saturated heterocycles. The van der Waals surface area contributed by atoms with Gasteiger partial charge in [0.1, 0.15) is 0 Å². The molecular formula is C8H16O4. The van der Waals surface area contributed by atoms with Crippen LogP contribution in [0.4, 0.5) is 0 Å². The topological polar surface area (TPSA) is 77.8 Å². The number of aliphatic hydroxyl groups is 2. The third-order valence-electron chi connectivity index (χ3n) is 1.62. The number of rotatable bonds is 0. The largest absolute Gasteiger partial charge is 0.481 e. The van der Waals surface area contributed by atoms with Crippen molar-refractivity contribution < 1.29 is 20.1 Å². The molecule has 3 N–H and O–H groups in total. The van der Waals surface area contributed by atoms with E-state index in [9.17, 15) is 0 Å². The summed E-state index contributed by atoms with van der Waals surface area (Å²) >= 11 is 0. The van der Waals surface area contributed by atoms with E-state index >= 15 is 0 Å². The van der Waals surface area contributed by atoms with Crippen LogP contribution in [-0.4, -0.2) is 33.5 Å². The summed E-state index contributed by atoms with van der Waals surface area (Å²) < 4.78 is 0. The highest BCUT2D eigenvalue weighted by atomic mass is 16.4. The van der Waals surface area contributed by atoms with Gasteiger partial charge in [-0.2, -0.15) is 0 Å². The highest BCUT2D eigenvalue weighted by Crippen LogP contribution is 2.17. The first-order valence-corrected chi connectivity index (χ1v) is 4.08. The Hall–Kier alpha value is -0.610. The van der Waals surface area contributed by atoms with Crippen LogP contribution in [0.1, 0.15) is 32.6 Å². The summed E-state index contributed by atoms with van der Waals surface area (Å²) in [6, 6.07) is 0. The summed E-state index contributed by atoms with van der Waals surface area (Å²) in [7, 11) is 0. The van der Waals surface area contributed by atoms with Crippen molar-refractivity contribution in [3.8, 4) is 0 Å². The zero-order chi connectivity index (χ0) is 9.56. The molecule has 2 atom stereocenters. The van der Waals surface area contributed by atoms with Crippen LogP contribution < -0.4 is 0 Å². The van der Waals surface area contributed by atoms with E-state index in [-0.39, 0.29) is 12.2 Å². The number of aliphatic hydroxyl groups excluding tert-OH is 2. The van der Waals surface area contributed by atoms with E-state index in [1.807, 2.05) is 0 Å². The average molecular weight is 176 g/mol.